The molecule has 0 aromatic heterocycles. The average molecular weight is 307 g/mol. The van der Waals surface area contributed by atoms with Gasteiger partial charge in [0.05, 0.1) is 0 Å². The number of rotatable bonds is 5. The number of fused-ring (bicyclic) bond motifs is 1. The van der Waals surface area contributed by atoms with Gasteiger partial charge in [0.15, 0.2) is 11.5 Å². The lowest BCUT2D eigenvalue weighted by molar-refractivity contribution is 0.171. The van der Waals surface area contributed by atoms with Gasteiger partial charge in [-0.15, -0.1) is 11.8 Å². The molecule has 1 heterocycles. The Morgan fingerprint density at radius 3 is 2.90 bits per heavy atom. The first-order chi connectivity index (χ1) is 10.3. The van der Waals surface area contributed by atoms with E-state index in [4.69, 9.17) is 9.47 Å². The van der Waals surface area contributed by atoms with Crippen LogP contribution in [0.3, 0.4) is 0 Å². The van der Waals surface area contributed by atoms with E-state index in [2.05, 4.69) is 24.4 Å². The second-order valence-electron chi connectivity index (χ2n) is 5.86. The van der Waals surface area contributed by atoms with Gasteiger partial charge in [-0.25, -0.2) is 0 Å². The van der Waals surface area contributed by atoms with Crippen molar-refractivity contribution in [1.82, 2.24) is 5.32 Å². The number of benzene rings is 1. The van der Waals surface area contributed by atoms with E-state index < -0.39 is 0 Å². The summed E-state index contributed by atoms with van der Waals surface area (Å²) >= 11 is 2.00. The predicted octanol–water partition coefficient (Wildman–Crippen LogP) is 3.86. The van der Waals surface area contributed by atoms with Crippen molar-refractivity contribution < 1.29 is 9.47 Å². The molecule has 0 amide bonds. The highest BCUT2D eigenvalue weighted by atomic mass is 32.2. The van der Waals surface area contributed by atoms with Gasteiger partial charge in [-0.05, 0) is 50.4 Å². The van der Waals surface area contributed by atoms with Gasteiger partial charge < -0.3 is 14.8 Å². The van der Waals surface area contributed by atoms with Crippen LogP contribution in [0, 0.1) is 0 Å². The summed E-state index contributed by atoms with van der Waals surface area (Å²) in [5, 5.41) is 4.40. The summed E-state index contributed by atoms with van der Waals surface area (Å²) < 4.78 is 11.3. The van der Waals surface area contributed by atoms with Crippen LogP contribution in [0.4, 0.5) is 0 Å². The van der Waals surface area contributed by atoms with E-state index in [1.54, 1.807) is 0 Å². The lowest BCUT2D eigenvalue weighted by Crippen LogP contribution is -2.35. The Morgan fingerprint density at radius 2 is 2.05 bits per heavy atom. The van der Waals surface area contributed by atoms with E-state index in [9.17, 15) is 0 Å². The molecule has 3 rings (SSSR count). The van der Waals surface area contributed by atoms with Gasteiger partial charge in [-0.1, -0.05) is 13.3 Å². The van der Waals surface area contributed by atoms with Crippen molar-refractivity contribution in [3.8, 4) is 11.5 Å². The van der Waals surface area contributed by atoms with Gasteiger partial charge in [0.2, 0.25) is 0 Å². The minimum absolute atomic E-state index is 0.660. The smallest absolute Gasteiger partial charge is 0.162 e. The zero-order valence-corrected chi connectivity index (χ0v) is 13.6. The van der Waals surface area contributed by atoms with Gasteiger partial charge in [0.25, 0.3) is 0 Å². The molecule has 2 aliphatic rings. The van der Waals surface area contributed by atoms with Gasteiger partial charge in [0.1, 0.15) is 13.2 Å². The molecular weight excluding hydrogens is 282 g/mol. The summed E-state index contributed by atoms with van der Waals surface area (Å²) in [6, 6.07) is 7.06. The van der Waals surface area contributed by atoms with E-state index in [1.165, 1.54) is 37.0 Å². The normalized spacial score (nSPS) is 24.8. The minimum Gasteiger partial charge on any atom is -0.486 e. The van der Waals surface area contributed by atoms with Crippen LogP contribution in [0.1, 0.15) is 39.0 Å². The topological polar surface area (TPSA) is 30.5 Å². The first-order valence-corrected chi connectivity index (χ1v) is 9.03. The molecule has 0 radical (unpaired) electrons. The van der Waals surface area contributed by atoms with Crippen molar-refractivity contribution in [1.29, 1.82) is 0 Å². The quantitative estimate of drug-likeness (QED) is 0.895. The Hall–Kier alpha value is -0.870. The van der Waals surface area contributed by atoms with E-state index in [1.807, 2.05) is 17.8 Å². The number of thioether (sulfide) groups is 1. The molecule has 1 fully saturated rings. The summed E-state index contributed by atoms with van der Waals surface area (Å²) in [5.74, 6) is 1.79. The van der Waals surface area contributed by atoms with Crippen LogP contribution in [-0.4, -0.2) is 31.1 Å². The molecule has 2 unspecified atom stereocenters. The molecule has 0 spiro atoms. The lowest BCUT2D eigenvalue weighted by Gasteiger charge is -2.29. The van der Waals surface area contributed by atoms with Crippen LogP contribution in [0.5, 0.6) is 11.5 Å². The molecule has 21 heavy (non-hydrogen) atoms. The fraction of sp³-hybridized carbons (Fsp3) is 0.647. The molecule has 3 nitrogen and oxygen atoms in total. The van der Waals surface area contributed by atoms with Gasteiger partial charge in [-0.2, -0.15) is 0 Å². The highest BCUT2D eigenvalue weighted by molar-refractivity contribution is 8.00. The first-order valence-electron chi connectivity index (χ1n) is 8.15. The fourth-order valence-corrected chi connectivity index (χ4v) is 4.39. The molecule has 0 bridgehead atoms. The van der Waals surface area contributed by atoms with Gasteiger partial charge >= 0.3 is 0 Å². The number of hydrogen-bond acceptors (Lipinski definition) is 4. The van der Waals surface area contributed by atoms with Crippen molar-refractivity contribution >= 4 is 11.8 Å². The third kappa shape index (κ3) is 4.07. The second kappa shape index (κ2) is 7.41. The fourth-order valence-electron chi connectivity index (χ4n) is 3.08. The summed E-state index contributed by atoms with van der Waals surface area (Å²) in [6.07, 6.45) is 6.49. The van der Waals surface area contributed by atoms with Gasteiger partial charge in [0, 0.05) is 16.2 Å². The second-order valence-corrected chi connectivity index (χ2v) is 7.24. The Kier molecular flexibility index (Phi) is 5.31. The molecule has 0 saturated heterocycles. The zero-order valence-electron chi connectivity index (χ0n) is 12.8. The minimum atomic E-state index is 0.660. The molecule has 1 aromatic carbocycles. The van der Waals surface area contributed by atoms with E-state index in [0.29, 0.717) is 19.3 Å². The monoisotopic (exact) mass is 307 g/mol. The summed E-state index contributed by atoms with van der Waals surface area (Å²) in [7, 11) is 0. The van der Waals surface area contributed by atoms with Gasteiger partial charge in [-0.3, -0.25) is 0 Å². The van der Waals surface area contributed by atoms with Crippen molar-refractivity contribution in [3.05, 3.63) is 18.2 Å². The van der Waals surface area contributed by atoms with E-state index >= 15 is 0 Å². The molecule has 1 aromatic rings. The van der Waals surface area contributed by atoms with Crippen molar-refractivity contribution in [2.45, 2.75) is 55.2 Å². The largest absolute Gasteiger partial charge is 0.486 e. The molecule has 116 valence electrons. The Bertz CT molecular complexity index is 466. The molecule has 1 N–H and O–H groups in total. The Balaban J connectivity index is 1.58. The Morgan fingerprint density at radius 1 is 1.19 bits per heavy atom. The predicted molar refractivity (Wildman–Crippen MR) is 87.6 cm³/mol. The van der Waals surface area contributed by atoms with Crippen LogP contribution >= 0.6 is 11.8 Å². The van der Waals surface area contributed by atoms with E-state index in [0.717, 1.165) is 23.3 Å². The first kappa shape index (κ1) is 15.0. The number of nitrogens with one attached hydrogen (secondary N) is 1. The summed E-state index contributed by atoms with van der Waals surface area (Å²) in [6.45, 7) is 4.70. The van der Waals surface area contributed by atoms with E-state index in [-0.39, 0.29) is 0 Å². The molecule has 1 aliphatic heterocycles. The third-order valence-electron chi connectivity index (χ3n) is 4.13. The molecule has 1 saturated carbocycles. The van der Waals surface area contributed by atoms with Crippen LogP contribution in [0.15, 0.2) is 23.1 Å². The standard InChI is InChI=1S/C17H25NO2S/c1-2-8-18-13-4-3-5-14(11-13)21-15-6-7-16-17(12-15)20-10-9-19-16/h6-7,12-14,18H,2-5,8-11H2,1H3. The van der Waals surface area contributed by atoms with Crippen LogP contribution in [0.2, 0.25) is 0 Å². The maximum Gasteiger partial charge on any atom is 0.162 e. The molecule has 1 aliphatic carbocycles. The highest BCUT2D eigenvalue weighted by Gasteiger charge is 2.23. The van der Waals surface area contributed by atoms with Crippen molar-refractivity contribution in [2.24, 2.45) is 0 Å². The summed E-state index contributed by atoms with van der Waals surface area (Å²) in [5.41, 5.74) is 0. The van der Waals surface area contributed by atoms with Crippen LogP contribution in [0.25, 0.3) is 0 Å². The van der Waals surface area contributed by atoms with Crippen molar-refractivity contribution in [3.63, 3.8) is 0 Å². The molecule has 4 heteroatoms. The lowest BCUT2D eigenvalue weighted by atomic mass is 9.95. The summed E-state index contributed by atoms with van der Waals surface area (Å²) in [4.78, 5) is 1.31. The SMILES string of the molecule is CCCNC1CCCC(Sc2ccc3c(c2)OCCO3)C1. The number of hydrogen-bond donors (Lipinski definition) is 1. The highest BCUT2D eigenvalue weighted by Crippen LogP contribution is 2.38. The third-order valence-corrected chi connectivity index (χ3v) is 5.41. The van der Waals surface area contributed by atoms with Crippen LogP contribution < -0.4 is 14.8 Å². The number of ether oxygens (including phenoxy) is 2. The molecular formula is C17H25NO2S. The van der Waals surface area contributed by atoms with Crippen LogP contribution in [-0.2, 0) is 0 Å². The molecule has 2 atom stereocenters. The zero-order chi connectivity index (χ0) is 14.5. The maximum atomic E-state index is 5.68. The Labute approximate surface area is 131 Å². The van der Waals surface area contributed by atoms with Crippen molar-refractivity contribution in [2.75, 3.05) is 19.8 Å². The average Bonchev–Trinajstić information content (AvgIpc) is 2.53. The maximum absolute atomic E-state index is 5.68.